The quantitative estimate of drug-likeness (QED) is 0.778. The van der Waals surface area contributed by atoms with E-state index in [1.54, 1.807) is 6.92 Å². The van der Waals surface area contributed by atoms with E-state index in [1.807, 2.05) is 20.8 Å². The van der Waals surface area contributed by atoms with Crippen LogP contribution in [0.3, 0.4) is 0 Å². The van der Waals surface area contributed by atoms with Crippen LogP contribution in [0, 0.1) is 20.8 Å². The molecule has 2 rings (SSSR count). The van der Waals surface area contributed by atoms with Crippen molar-refractivity contribution in [2.75, 3.05) is 0 Å². The number of carboxylic acid groups (broad SMARTS) is 1. The summed E-state index contributed by atoms with van der Waals surface area (Å²) < 4.78 is 5.75. The zero-order valence-corrected chi connectivity index (χ0v) is 11.2. The summed E-state index contributed by atoms with van der Waals surface area (Å²) in [6.45, 7) is 7.28. The van der Waals surface area contributed by atoms with Crippen LogP contribution in [0.15, 0.2) is 0 Å². The Balaban J connectivity index is 2.61. The number of hydrogen-bond acceptors (Lipinski definition) is 2. The Morgan fingerprint density at radius 3 is 2.44 bits per heavy atom. The summed E-state index contributed by atoms with van der Waals surface area (Å²) in [5.41, 5.74) is 2.48. The molecule has 0 saturated carbocycles. The highest BCUT2D eigenvalue weighted by Crippen LogP contribution is 2.43. The molecule has 0 bridgehead atoms. The first-order chi connectivity index (χ1) is 8.28. The van der Waals surface area contributed by atoms with E-state index < -0.39 is 11.6 Å². The largest absolute Gasteiger partial charge is 0.593 e. The van der Waals surface area contributed by atoms with E-state index in [1.165, 1.54) is 0 Å². The zero-order valence-electron chi connectivity index (χ0n) is 11.2. The van der Waals surface area contributed by atoms with Crippen LogP contribution in [-0.2, 0) is 11.2 Å². The van der Waals surface area contributed by atoms with Crippen LogP contribution in [0.4, 0.5) is 0 Å². The molecule has 0 aliphatic carbocycles. The zero-order chi connectivity index (χ0) is 13.7. The van der Waals surface area contributed by atoms with E-state index in [0.717, 1.165) is 22.3 Å². The molecule has 3 N–H and O–H groups in total. The Labute approximate surface area is 106 Å². The number of fused-ring (bicyclic) bond motifs is 1. The average Bonchev–Trinajstić information content (AvgIpc) is 2.33. The summed E-state index contributed by atoms with van der Waals surface area (Å²) in [5.74, 6) is 0.267. The number of carboxylic acids is 1. The fraction of sp³-hybridized carbons (Fsp3) is 0.500. The summed E-state index contributed by atoms with van der Waals surface area (Å²) in [4.78, 5) is 11.3. The Morgan fingerprint density at radius 1 is 1.28 bits per heavy atom. The van der Waals surface area contributed by atoms with Crippen molar-refractivity contribution in [1.82, 2.24) is 0 Å². The Kier molecular flexibility index (Phi) is 2.76. The molecule has 0 spiro atoms. The van der Waals surface area contributed by atoms with Gasteiger partial charge in [0.05, 0.1) is 11.1 Å². The van der Waals surface area contributed by atoms with Crippen LogP contribution >= 0.6 is 0 Å². The number of hydrogen-bond donors (Lipinski definition) is 1. The Morgan fingerprint density at radius 2 is 1.89 bits per heavy atom. The normalized spacial score (nSPS) is 22.2. The van der Waals surface area contributed by atoms with Gasteiger partial charge in [0.1, 0.15) is 5.75 Å². The molecule has 1 aromatic carbocycles. The van der Waals surface area contributed by atoms with Crippen molar-refractivity contribution in [3.63, 3.8) is 0 Å². The van der Waals surface area contributed by atoms with E-state index in [9.17, 15) is 9.90 Å². The van der Waals surface area contributed by atoms with E-state index in [-0.39, 0.29) is 0 Å². The molecule has 1 aromatic rings. The maximum atomic E-state index is 11.3. The summed E-state index contributed by atoms with van der Waals surface area (Å²) in [6.07, 6.45) is 1.09. The second-order valence-corrected chi connectivity index (χ2v) is 5.20. The maximum Gasteiger partial charge on any atom is 0.347 e. The summed E-state index contributed by atoms with van der Waals surface area (Å²) in [6, 6.07) is 0. The third kappa shape index (κ3) is 1.64. The first-order valence-corrected chi connectivity index (χ1v) is 6.04. The van der Waals surface area contributed by atoms with Gasteiger partial charge in [-0.15, -0.1) is 0 Å². The van der Waals surface area contributed by atoms with Crippen molar-refractivity contribution >= 4 is 5.97 Å². The Hall–Kier alpha value is -1.71. The minimum Gasteiger partial charge on any atom is -0.593 e. The van der Waals surface area contributed by atoms with Gasteiger partial charge in [0.15, 0.2) is 0 Å². The van der Waals surface area contributed by atoms with Gasteiger partial charge in [0.25, 0.3) is 5.75 Å². The second kappa shape index (κ2) is 3.90. The first kappa shape index (κ1) is 12.7. The van der Waals surface area contributed by atoms with E-state index in [0.29, 0.717) is 24.3 Å². The molecule has 1 aliphatic rings. The van der Waals surface area contributed by atoms with E-state index in [2.05, 4.69) is 0 Å². The SMILES string of the molecule is Cc1c(C)c2c(c(C)c1[OH2+])CCC(C)(C(=O)O)O2. The fourth-order valence-electron chi connectivity index (χ4n) is 2.42. The lowest BCUT2D eigenvalue weighted by molar-refractivity contribution is -0.155. The minimum atomic E-state index is -1.15. The van der Waals surface area contributed by atoms with Gasteiger partial charge in [-0.2, -0.15) is 0 Å². The molecule has 1 unspecified atom stereocenters. The minimum absolute atomic E-state index is 0.443. The molecule has 1 aliphatic heterocycles. The van der Waals surface area contributed by atoms with Crippen molar-refractivity contribution in [1.29, 1.82) is 0 Å². The van der Waals surface area contributed by atoms with Crippen LogP contribution in [0.1, 0.15) is 35.6 Å². The average molecular weight is 251 g/mol. The number of ether oxygens (including phenoxy) is 1. The maximum absolute atomic E-state index is 11.3. The summed E-state index contributed by atoms with van der Waals surface area (Å²) in [5, 5.41) is 17.3. The predicted molar refractivity (Wildman–Crippen MR) is 68.7 cm³/mol. The highest BCUT2D eigenvalue weighted by molar-refractivity contribution is 5.78. The molecule has 4 heteroatoms. The molecule has 1 heterocycles. The van der Waals surface area contributed by atoms with Crippen molar-refractivity contribution in [3.05, 3.63) is 22.3 Å². The van der Waals surface area contributed by atoms with Gasteiger partial charge in [-0.3, -0.25) is 0 Å². The summed E-state index contributed by atoms with van der Waals surface area (Å²) in [7, 11) is 0. The summed E-state index contributed by atoms with van der Waals surface area (Å²) >= 11 is 0. The highest BCUT2D eigenvalue weighted by atomic mass is 16.5. The highest BCUT2D eigenvalue weighted by Gasteiger charge is 2.41. The van der Waals surface area contributed by atoms with Crippen molar-refractivity contribution in [2.24, 2.45) is 0 Å². The number of carbonyl (C=O) groups is 1. The van der Waals surface area contributed by atoms with Gasteiger partial charge in [0, 0.05) is 17.5 Å². The van der Waals surface area contributed by atoms with Crippen LogP contribution in [0.2, 0.25) is 0 Å². The van der Waals surface area contributed by atoms with Gasteiger partial charge in [-0.1, -0.05) is 0 Å². The van der Waals surface area contributed by atoms with Crippen LogP contribution in [-0.4, -0.2) is 21.8 Å². The molecular formula is C14H19O4+. The lowest BCUT2D eigenvalue weighted by Gasteiger charge is -2.34. The molecule has 0 saturated heterocycles. The van der Waals surface area contributed by atoms with Crippen LogP contribution < -0.4 is 4.74 Å². The number of rotatable bonds is 1. The molecule has 0 fully saturated rings. The molecule has 4 nitrogen and oxygen atoms in total. The monoisotopic (exact) mass is 251 g/mol. The van der Waals surface area contributed by atoms with Gasteiger partial charge < -0.3 is 14.9 Å². The molecule has 0 aromatic heterocycles. The molecular weight excluding hydrogens is 232 g/mol. The molecule has 1 atom stereocenters. The lowest BCUT2D eigenvalue weighted by Crippen LogP contribution is -2.44. The third-order valence-corrected chi connectivity index (χ3v) is 4.01. The van der Waals surface area contributed by atoms with Gasteiger partial charge >= 0.3 is 5.97 Å². The van der Waals surface area contributed by atoms with Gasteiger partial charge in [0.2, 0.25) is 5.60 Å². The molecule has 0 radical (unpaired) electrons. The molecule has 0 amide bonds. The smallest absolute Gasteiger partial charge is 0.347 e. The Bertz CT molecular complexity index is 533. The third-order valence-electron chi connectivity index (χ3n) is 4.01. The number of aliphatic carboxylic acids is 1. The predicted octanol–water partition coefficient (Wildman–Crippen LogP) is 2.22. The topological polar surface area (TPSA) is 69.4 Å². The van der Waals surface area contributed by atoms with E-state index in [4.69, 9.17) is 9.84 Å². The first-order valence-electron chi connectivity index (χ1n) is 6.04. The van der Waals surface area contributed by atoms with Gasteiger partial charge in [-0.25, -0.2) is 4.79 Å². The van der Waals surface area contributed by atoms with Crippen molar-refractivity contribution < 1.29 is 19.7 Å². The molecule has 18 heavy (non-hydrogen) atoms. The van der Waals surface area contributed by atoms with Crippen molar-refractivity contribution in [2.45, 2.75) is 46.1 Å². The van der Waals surface area contributed by atoms with Gasteiger partial charge in [-0.05, 0) is 34.1 Å². The van der Waals surface area contributed by atoms with Crippen LogP contribution in [0.5, 0.6) is 11.5 Å². The van der Waals surface area contributed by atoms with Crippen LogP contribution in [0.25, 0.3) is 0 Å². The second-order valence-electron chi connectivity index (χ2n) is 5.20. The standard InChI is InChI=1S/C14H18O4/c1-7-8(2)12-10(9(3)11(7)15)5-6-14(4,18-12)13(16)17/h15H,5-6H2,1-4H3,(H,16,17)/p+1. The molecule has 98 valence electrons. The lowest BCUT2D eigenvalue weighted by atomic mass is 9.87. The van der Waals surface area contributed by atoms with Crippen molar-refractivity contribution in [3.8, 4) is 11.5 Å². The van der Waals surface area contributed by atoms with E-state index >= 15 is 0 Å². The number of benzene rings is 1. The fourth-order valence-corrected chi connectivity index (χ4v) is 2.42.